The van der Waals surface area contributed by atoms with E-state index in [9.17, 15) is 0 Å². The van der Waals surface area contributed by atoms with E-state index in [1.807, 2.05) is 0 Å². The molecule has 1 saturated heterocycles. The fourth-order valence-corrected chi connectivity index (χ4v) is 6.68. The summed E-state index contributed by atoms with van der Waals surface area (Å²) in [5, 5.41) is 0. The van der Waals surface area contributed by atoms with Crippen molar-refractivity contribution in [3.05, 3.63) is 0 Å². The topological polar surface area (TPSA) is 0 Å². The molecule has 1 aliphatic rings. The molecule has 1 heteroatoms. The van der Waals surface area contributed by atoms with E-state index in [4.69, 9.17) is 0 Å². The second-order valence-corrected chi connectivity index (χ2v) is 10.4. The van der Waals surface area contributed by atoms with Crippen LogP contribution in [0.4, 0.5) is 0 Å². The minimum atomic E-state index is -0.340. The van der Waals surface area contributed by atoms with Crippen molar-refractivity contribution in [1.82, 2.24) is 0 Å². The first-order valence-corrected chi connectivity index (χ1v) is 7.88. The van der Waals surface area contributed by atoms with E-state index >= 15 is 0 Å². The average Bonchev–Trinajstić information content (AvgIpc) is 2.29. The van der Waals surface area contributed by atoms with Crippen molar-refractivity contribution in [2.45, 2.75) is 57.0 Å². The van der Waals surface area contributed by atoms with Crippen LogP contribution in [0.25, 0.3) is 0 Å². The summed E-state index contributed by atoms with van der Waals surface area (Å²) >= 11 is 0. The standard InChI is InChI=1S/C12H26S/c1-8-10(2)9-12(5)11(3,4)13(12,6)7/h10H,8-9H2,1-7H3. The molecular weight excluding hydrogens is 176 g/mol. The van der Waals surface area contributed by atoms with Crippen LogP contribution >= 0.6 is 10.0 Å². The van der Waals surface area contributed by atoms with Crippen molar-refractivity contribution < 1.29 is 0 Å². The highest BCUT2D eigenvalue weighted by atomic mass is 32.3. The minimum Gasteiger partial charge on any atom is -0.234 e. The highest BCUT2D eigenvalue weighted by Crippen LogP contribution is 2.86. The Balaban J connectivity index is 2.72. The number of rotatable bonds is 3. The predicted octanol–water partition coefficient (Wildman–Crippen LogP) is 4.04. The Hall–Kier alpha value is 0.350. The summed E-state index contributed by atoms with van der Waals surface area (Å²) in [6.07, 6.45) is 7.78. The van der Waals surface area contributed by atoms with Crippen LogP contribution in [0, 0.1) is 5.92 Å². The molecule has 1 rings (SSSR count). The summed E-state index contributed by atoms with van der Waals surface area (Å²) in [5.74, 6) is 0.901. The lowest BCUT2D eigenvalue weighted by atomic mass is 9.88. The minimum absolute atomic E-state index is 0.340. The first-order chi connectivity index (χ1) is 5.70. The van der Waals surface area contributed by atoms with Crippen molar-refractivity contribution in [2.75, 3.05) is 12.5 Å². The Morgan fingerprint density at radius 3 is 1.77 bits per heavy atom. The van der Waals surface area contributed by atoms with Crippen LogP contribution in [-0.4, -0.2) is 22.0 Å². The molecule has 0 amide bonds. The van der Waals surface area contributed by atoms with Gasteiger partial charge in [-0.05, 0) is 24.9 Å². The lowest BCUT2D eigenvalue weighted by Crippen LogP contribution is -2.19. The van der Waals surface area contributed by atoms with E-state index in [0.717, 1.165) is 5.92 Å². The normalized spacial score (nSPS) is 39.6. The van der Waals surface area contributed by atoms with Gasteiger partial charge >= 0.3 is 0 Å². The van der Waals surface area contributed by atoms with Gasteiger partial charge in [0.1, 0.15) is 0 Å². The summed E-state index contributed by atoms with van der Waals surface area (Å²) in [5.41, 5.74) is 0. The molecule has 0 aliphatic carbocycles. The van der Waals surface area contributed by atoms with Crippen molar-refractivity contribution >= 4 is 10.0 Å². The van der Waals surface area contributed by atoms with Crippen LogP contribution in [0.3, 0.4) is 0 Å². The Bertz CT molecular complexity index is 189. The molecule has 13 heavy (non-hydrogen) atoms. The van der Waals surface area contributed by atoms with Gasteiger partial charge in [-0.3, -0.25) is 0 Å². The number of hydrogen-bond acceptors (Lipinski definition) is 0. The monoisotopic (exact) mass is 202 g/mol. The predicted molar refractivity (Wildman–Crippen MR) is 66.0 cm³/mol. The quantitative estimate of drug-likeness (QED) is 0.606. The second-order valence-electron chi connectivity index (χ2n) is 5.79. The van der Waals surface area contributed by atoms with Crippen LogP contribution in [0.2, 0.25) is 0 Å². The van der Waals surface area contributed by atoms with Gasteiger partial charge in [-0.15, -0.1) is 0 Å². The molecule has 1 heterocycles. The van der Waals surface area contributed by atoms with Crippen molar-refractivity contribution in [3.8, 4) is 0 Å². The molecule has 0 bridgehead atoms. The van der Waals surface area contributed by atoms with Gasteiger partial charge in [0.15, 0.2) is 0 Å². The van der Waals surface area contributed by atoms with E-state index in [1.54, 1.807) is 0 Å². The summed E-state index contributed by atoms with van der Waals surface area (Å²) in [4.78, 5) is 0. The fraction of sp³-hybridized carbons (Fsp3) is 1.00. The summed E-state index contributed by atoms with van der Waals surface area (Å²) in [6.45, 7) is 12.1. The zero-order valence-electron chi connectivity index (χ0n) is 10.4. The second kappa shape index (κ2) is 2.92. The Morgan fingerprint density at radius 1 is 1.15 bits per heavy atom. The number of hydrogen-bond donors (Lipinski definition) is 0. The van der Waals surface area contributed by atoms with Gasteiger partial charge in [0.05, 0.1) is 0 Å². The fourth-order valence-electron chi connectivity index (χ4n) is 2.64. The molecule has 0 spiro atoms. The molecule has 0 aromatic carbocycles. The first kappa shape index (κ1) is 11.4. The molecule has 0 radical (unpaired) electrons. The average molecular weight is 202 g/mol. The van der Waals surface area contributed by atoms with Crippen molar-refractivity contribution in [1.29, 1.82) is 0 Å². The molecule has 2 atom stereocenters. The van der Waals surface area contributed by atoms with Crippen molar-refractivity contribution in [2.24, 2.45) is 5.92 Å². The van der Waals surface area contributed by atoms with Crippen LogP contribution in [-0.2, 0) is 0 Å². The zero-order chi connectivity index (χ0) is 10.5. The van der Waals surface area contributed by atoms with Gasteiger partial charge < -0.3 is 0 Å². The smallest absolute Gasteiger partial charge is 0.0104 e. The van der Waals surface area contributed by atoms with Crippen LogP contribution < -0.4 is 0 Å². The first-order valence-electron chi connectivity index (χ1n) is 5.43. The molecule has 2 unspecified atom stereocenters. The molecule has 1 fully saturated rings. The molecule has 0 saturated carbocycles. The van der Waals surface area contributed by atoms with Gasteiger partial charge in [0, 0.05) is 9.49 Å². The van der Waals surface area contributed by atoms with Crippen LogP contribution in [0.5, 0.6) is 0 Å². The van der Waals surface area contributed by atoms with E-state index in [1.165, 1.54) is 12.8 Å². The molecule has 80 valence electrons. The summed E-state index contributed by atoms with van der Waals surface area (Å²) in [7, 11) is -0.340. The maximum Gasteiger partial charge on any atom is 0.0104 e. The lowest BCUT2D eigenvalue weighted by Gasteiger charge is -2.20. The highest BCUT2D eigenvalue weighted by molar-refractivity contribution is 8.41. The van der Waals surface area contributed by atoms with E-state index in [2.05, 4.69) is 47.1 Å². The molecule has 0 aromatic rings. The highest BCUT2D eigenvalue weighted by Gasteiger charge is 2.70. The molecular formula is C12H26S. The SMILES string of the molecule is CCC(C)CC1(C)C(C)(C)S1(C)C. The van der Waals surface area contributed by atoms with Gasteiger partial charge in [-0.25, -0.2) is 10.0 Å². The third kappa shape index (κ3) is 1.26. The molecule has 0 N–H and O–H groups in total. The molecule has 0 nitrogen and oxygen atoms in total. The van der Waals surface area contributed by atoms with Crippen LogP contribution in [0.1, 0.15) is 47.5 Å². The third-order valence-electron chi connectivity index (χ3n) is 5.07. The third-order valence-corrected chi connectivity index (χ3v) is 10.8. The Morgan fingerprint density at radius 2 is 1.54 bits per heavy atom. The van der Waals surface area contributed by atoms with Gasteiger partial charge in [-0.1, -0.05) is 41.0 Å². The van der Waals surface area contributed by atoms with Gasteiger partial charge in [0.25, 0.3) is 0 Å². The van der Waals surface area contributed by atoms with Gasteiger partial charge in [-0.2, -0.15) is 0 Å². The zero-order valence-corrected chi connectivity index (χ0v) is 11.2. The summed E-state index contributed by atoms with van der Waals surface area (Å²) in [6, 6.07) is 0. The summed E-state index contributed by atoms with van der Waals surface area (Å²) < 4.78 is 1.26. The van der Waals surface area contributed by atoms with E-state index in [0.29, 0.717) is 9.49 Å². The van der Waals surface area contributed by atoms with Crippen LogP contribution in [0.15, 0.2) is 0 Å². The van der Waals surface area contributed by atoms with Crippen molar-refractivity contribution in [3.63, 3.8) is 0 Å². The largest absolute Gasteiger partial charge is 0.234 e. The maximum absolute atomic E-state index is 2.51. The Labute approximate surface area is 85.8 Å². The van der Waals surface area contributed by atoms with E-state index < -0.39 is 0 Å². The maximum atomic E-state index is 2.51. The Kier molecular flexibility index (Phi) is 2.56. The molecule has 0 aromatic heterocycles. The lowest BCUT2D eigenvalue weighted by molar-refractivity contribution is 0.433. The molecule has 1 aliphatic heterocycles. The van der Waals surface area contributed by atoms with Gasteiger partial charge in [0.2, 0.25) is 0 Å². The van der Waals surface area contributed by atoms with E-state index in [-0.39, 0.29) is 10.0 Å².